The van der Waals surface area contributed by atoms with E-state index in [0.717, 1.165) is 6.20 Å². The molecule has 0 aromatic carbocycles. The second-order valence-electron chi connectivity index (χ2n) is 3.21. The minimum Gasteiger partial charge on any atom is -0.289 e. The van der Waals surface area contributed by atoms with Gasteiger partial charge in [-0.1, -0.05) is 6.92 Å². The van der Waals surface area contributed by atoms with E-state index in [-0.39, 0.29) is 5.65 Å². The molecule has 2 rings (SSSR count). The van der Waals surface area contributed by atoms with Gasteiger partial charge in [0.2, 0.25) is 0 Å². The van der Waals surface area contributed by atoms with Gasteiger partial charge in [0.1, 0.15) is 6.33 Å². The highest BCUT2D eigenvalue weighted by Crippen LogP contribution is 2.30. The average Bonchev–Trinajstić information content (AvgIpc) is 2.62. The minimum absolute atomic E-state index is 0.235. The number of imidazole rings is 1. The molecule has 3 nitrogen and oxygen atoms in total. The van der Waals surface area contributed by atoms with Crippen LogP contribution in [0.25, 0.3) is 5.65 Å². The van der Waals surface area contributed by atoms with Gasteiger partial charge in [-0.05, 0) is 22.4 Å². The van der Waals surface area contributed by atoms with Crippen LogP contribution in [-0.4, -0.2) is 14.4 Å². The Labute approximate surface area is 97.4 Å². The highest BCUT2D eigenvalue weighted by atomic mass is 79.9. The monoisotopic (exact) mass is 293 g/mol. The summed E-state index contributed by atoms with van der Waals surface area (Å²) in [5.74, 6) is 0. The Bertz CT molecular complexity index is 533. The zero-order valence-corrected chi connectivity index (χ0v) is 9.80. The molecule has 16 heavy (non-hydrogen) atoms. The number of hydrogen-bond acceptors (Lipinski definition) is 2. The zero-order chi connectivity index (χ0) is 11.9. The number of aromatic nitrogens is 3. The Kier molecular flexibility index (Phi) is 2.65. The lowest BCUT2D eigenvalue weighted by atomic mass is 10.3. The summed E-state index contributed by atoms with van der Waals surface area (Å²) in [6.07, 6.45) is -1.54. The van der Waals surface area contributed by atoms with Crippen LogP contribution >= 0.6 is 15.9 Å². The smallest absolute Gasteiger partial charge is 0.289 e. The van der Waals surface area contributed by atoms with E-state index in [4.69, 9.17) is 0 Å². The molecule has 0 fully saturated rings. The van der Waals surface area contributed by atoms with Gasteiger partial charge in [0.25, 0.3) is 0 Å². The summed E-state index contributed by atoms with van der Waals surface area (Å²) in [7, 11) is 0. The quantitative estimate of drug-likeness (QED) is 0.809. The van der Waals surface area contributed by atoms with Crippen molar-refractivity contribution < 1.29 is 13.2 Å². The van der Waals surface area contributed by atoms with E-state index in [0.29, 0.717) is 16.6 Å². The molecule has 0 bridgehead atoms. The van der Waals surface area contributed by atoms with Crippen LogP contribution in [0.1, 0.15) is 18.3 Å². The molecule has 0 N–H and O–H groups in total. The van der Waals surface area contributed by atoms with Crippen molar-refractivity contribution in [1.29, 1.82) is 0 Å². The predicted octanol–water partition coefficient (Wildman–Crippen LogP) is 3.07. The van der Waals surface area contributed by atoms with Crippen molar-refractivity contribution >= 4 is 21.6 Å². The lowest BCUT2D eigenvalue weighted by molar-refractivity contribution is -0.140. The fraction of sp³-hybridized carbons (Fsp3) is 0.333. The van der Waals surface area contributed by atoms with E-state index in [1.807, 2.05) is 6.92 Å². The second-order valence-corrected chi connectivity index (χ2v) is 4.01. The predicted molar refractivity (Wildman–Crippen MR) is 55.1 cm³/mol. The van der Waals surface area contributed by atoms with Crippen molar-refractivity contribution in [3.63, 3.8) is 0 Å². The van der Waals surface area contributed by atoms with E-state index in [2.05, 4.69) is 25.9 Å². The molecule has 2 aromatic rings. The van der Waals surface area contributed by atoms with Crippen molar-refractivity contribution in [2.45, 2.75) is 19.5 Å². The molecule has 0 amide bonds. The van der Waals surface area contributed by atoms with Crippen LogP contribution in [0.3, 0.4) is 0 Å². The van der Waals surface area contributed by atoms with Crippen LogP contribution in [0.5, 0.6) is 0 Å². The number of alkyl halides is 3. The average molecular weight is 294 g/mol. The molecule has 0 saturated carbocycles. The number of aryl methyl sites for hydroxylation is 1. The Morgan fingerprint density at radius 3 is 2.69 bits per heavy atom. The third-order valence-corrected chi connectivity index (χ3v) is 2.96. The maximum atomic E-state index is 12.4. The molecule has 0 aliphatic heterocycles. The first-order chi connectivity index (χ1) is 7.43. The summed E-state index contributed by atoms with van der Waals surface area (Å²) >= 11 is 3.21. The first-order valence-corrected chi connectivity index (χ1v) is 5.32. The van der Waals surface area contributed by atoms with Gasteiger partial charge in [0.05, 0.1) is 10.2 Å². The van der Waals surface area contributed by atoms with Gasteiger partial charge >= 0.3 is 6.18 Å². The summed E-state index contributed by atoms with van der Waals surface area (Å²) < 4.78 is 39.0. The molecule has 0 atom stereocenters. The van der Waals surface area contributed by atoms with Gasteiger partial charge < -0.3 is 0 Å². The van der Waals surface area contributed by atoms with Crippen molar-refractivity contribution in [1.82, 2.24) is 14.4 Å². The highest BCUT2D eigenvalue weighted by Gasteiger charge is 2.34. The van der Waals surface area contributed by atoms with Gasteiger partial charge in [-0.3, -0.25) is 4.40 Å². The van der Waals surface area contributed by atoms with Crippen LogP contribution in [0, 0.1) is 0 Å². The standard InChI is InChI=1S/C9H7BrF3N3/c1-2-5-7(10)8-15-6(9(11,12)13)3-16(8)4-14-5/h3-4H,2H2,1H3. The normalized spacial score (nSPS) is 12.3. The molecule has 0 aliphatic rings. The lowest BCUT2D eigenvalue weighted by Gasteiger charge is -2.00. The molecule has 2 heterocycles. The third-order valence-electron chi connectivity index (χ3n) is 2.15. The third kappa shape index (κ3) is 1.79. The van der Waals surface area contributed by atoms with Gasteiger partial charge in [0.15, 0.2) is 11.3 Å². The molecule has 0 radical (unpaired) electrons. The van der Waals surface area contributed by atoms with E-state index >= 15 is 0 Å². The van der Waals surface area contributed by atoms with Crippen LogP contribution in [0.2, 0.25) is 0 Å². The summed E-state index contributed by atoms with van der Waals surface area (Å²) in [5.41, 5.74) is 0.00857. The fourth-order valence-electron chi connectivity index (χ4n) is 1.34. The van der Waals surface area contributed by atoms with Gasteiger partial charge in [-0.15, -0.1) is 0 Å². The number of nitrogens with zero attached hydrogens (tertiary/aromatic N) is 3. The summed E-state index contributed by atoms with van der Waals surface area (Å²) in [6.45, 7) is 1.87. The Balaban J connectivity index is 2.67. The number of halogens is 4. The van der Waals surface area contributed by atoms with Crippen molar-refractivity contribution in [3.05, 3.63) is 28.4 Å². The zero-order valence-electron chi connectivity index (χ0n) is 8.22. The Morgan fingerprint density at radius 1 is 1.44 bits per heavy atom. The molecule has 2 aromatic heterocycles. The van der Waals surface area contributed by atoms with Crippen LogP contribution in [-0.2, 0) is 12.6 Å². The van der Waals surface area contributed by atoms with Gasteiger partial charge in [-0.25, -0.2) is 9.97 Å². The van der Waals surface area contributed by atoms with Crippen LogP contribution < -0.4 is 0 Å². The van der Waals surface area contributed by atoms with E-state index in [1.165, 1.54) is 10.7 Å². The fourth-order valence-corrected chi connectivity index (χ4v) is 2.02. The molecule has 0 spiro atoms. The van der Waals surface area contributed by atoms with Crippen molar-refractivity contribution in [3.8, 4) is 0 Å². The molecule has 0 unspecified atom stereocenters. The van der Waals surface area contributed by atoms with E-state index < -0.39 is 11.9 Å². The summed E-state index contributed by atoms with van der Waals surface area (Å²) in [4.78, 5) is 7.57. The Morgan fingerprint density at radius 2 is 2.12 bits per heavy atom. The maximum Gasteiger partial charge on any atom is 0.434 e. The molecule has 0 saturated heterocycles. The highest BCUT2D eigenvalue weighted by molar-refractivity contribution is 9.10. The van der Waals surface area contributed by atoms with Gasteiger partial charge in [-0.2, -0.15) is 13.2 Å². The first kappa shape index (κ1) is 11.4. The van der Waals surface area contributed by atoms with Crippen molar-refractivity contribution in [2.24, 2.45) is 0 Å². The van der Waals surface area contributed by atoms with Gasteiger partial charge in [0, 0.05) is 6.20 Å². The molecular formula is C9H7BrF3N3. The largest absolute Gasteiger partial charge is 0.434 e. The van der Waals surface area contributed by atoms with E-state index in [1.54, 1.807) is 0 Å². The Hall–Kier alpha value is -1.11. The first-order valence-electron chi connectivity index (χ1n) is 4.52. The van der Waals surface area contributed by atoms with E-state index in [9.17, 15) is 13.2 Å². The summed E-state index contributed by atoms with van der Waals surface area (Å²) in [5, 5.41) is 0. The molecular weight excluding hydrogens is 287 g/mol. The number of hydrogen-bond donors (Lipinski definition) is 0. The molecule has 0 aliphatic carbocycles. The maximum absolute atomic E-state index is 12.4. The minimum atomic E-state index is -4.43. The molecule has 7 heteroatoms. The van der Waals surface area contributed by atoms with Crippen LogP contribution in [0.15, 0.2) is 17.0 Å². The van der Waals surface area contributed by atoms with Crippen molar-refractivity contribution in [2.75, 3.05) is 0 Å². The SMILES string of the molecule is CCc1ncn2cc(C(F)(F)F)nc2c1Br. The molecule has 86 valence electrons. The summed E-state index contributed by atoms with van der Waals surface area (Å²) in [6, 6.07) is 0. The van der Waals surface area contributed by atoms with Crippen LogP contribution in [0.4, 0.5) is 13.2 Å². The number of rotatable bonds is 1. The second kappa shape index (κ2) is 3.73. The lowest BCUT2D eigenvalue weighted by Crippen LogP contribution is -2.04. The number of fused-ring (bicyclic) bond motifs is 1. The topological polar surface area (TPSA) is 30.2 Å².